The Morgan fingerprint density at radius 1 is 0.971 bits per heavy atom. The van der Waals surface area contributed by atoms with Crippen LogP contribution in [0.5, 0.6) is 0 Å². The van der Waals surface area contributed by atoms with Crippen molar-refractivity contribution in [3.8, 4) is 0 Å². The molecule has 1 N–H and O–H groups in total. The number of halogens is 2. The Morgan fingerprint density at radius 2 is 1.68 bits per heavy atom. The van der Waals surface area contributed by atoms with Gasteiger partial charge >= 0.3 is 0 Å². The number of carbonyl (C=O) groups is 2. The van der Waals surface area contributed by atoms with Gasteiger partial charge in [0.15, 0.2) is 0 Å². The Hall–Kier alpha value is -2.47. The second-order valence-corrected chi connectivity index (χ2v) is 9.83. The molecule has 0 saturated carbocycles. The van der Waals surface area contributed by atoms with Crippen molar-refractivity contribution >= 4 is 46.8 Å². The van der Waals surface area contributed by atoms with Crippen LogP contribution in [0.2, 0.25) is 10.0 Å². The van der Waals surface area contributed by atoms with Crippen LogP contribution in [0.15, 0.2) is 72.8 Å². The molecule has 0 aliphatic heterocycles. The van der Waals surface area contributed by atoms with Crippen molar-refractivity contribution in [2.75, 3.05) is 12.8 Å². The highest BCUT2D eigenvalue weighted by Gasteiger charge is 2.30. The van der Waals surface area contributed by atoms with Crippen LogP contribution >= 0.6 is 35.0 Å². The van der Waals surface area contributed by atoms with Gasteiger partial charge in [-0.3, -0.25) is 9.59 Å². The fourth-order valence-corrected chi connectivity index (χ4v) is 5.13. The van der Waals surface area contributed by atoms with E-state index in [9.17, 15) is 9.59 Å². The SMILES string of the molecule is CNC(=O)[C@H](Cc1ccccc1)N(Cc1ccccc1C)C(=O)CSCc1ccc(Cl)cc1Cl. The zero-order valence-electron chi connectivity index (χ0n) is 19.3. The Balaban J connectivity index is 1.82. The quantitative estimate of drug-likeness (QED) is 0.365. The van der Waals surface area contributed by atoms with Gasteiger partial charge in [-0.2, -0.15) is 0 Å². The normalized spacial score (nSPS) is 11.6. The molecule has 3 rings (SSSR count). The third-order valence-electron chi connectivity index (χ3n) is 5.62. The summed E-state index contributed by atoms with van der Waals surface area (Å²) >= 11 is 13.7. The number of aryl methyl sites for hydroxylation is 1. The third kappa shape index (κ3) is 7.26. The topological polar surface area (TPSA) is 49.4 Å². The van der Waals surface area contributed by atoms with Gasteiger partial charge in [0, 0.05) is 35.8 Å². The minimum absolute atomic E-state index is 0.0946. The molecular formula is C27H28Cl2N2O2S. The van der Waals surface area contributed by atoms with E-state index < -0.39 is 6.04 Å². The summed E-state index contributed by atoms with van der Waals surface area (Å²) in [6, 6.07) is 22.4. The minimum Gasteiger partial charge on any atom is -0.357 e. The number of nitrogens with one attached hydrogen (secondary N) is 1. The van der Waals surface area contributed by atoms with Crippen LogP contribution in [0.3, 0.4) is 0 Å². The highest BCUT2D eigenvalue weighted by Crippen LogP contribution is 2.25. The molecule has 0 heterocycles. The smallest absolute Gasteiger partial charge is 0.242 e. The molecule has 7 heteroatoms. The van der Waals surface area contributed by atoms with E-state index in [4.69, 9.17) is 23.2 Å². The lowest BCUT2D eigenvalue weighted by Gasteiger charge is -2.31. The molecule has 0 saturated heterocycles. The van der Waals surface area contributed by atoms with Crippen LogP contribution in [-0.4, -0.2) is 35.6 Å². The van der Waals surface area contributed by atoms with Gasteiger partial charge in [-0.25, -0.2) is 0 Å². The molecule has 2 amide bonds. The van der Waals surface area contributed by atoms with Crippen molar-refractivity contribution in [1.82, 2.24) is 10.2 Å². The Morgan fingerprint density at radius 3 is 2.35 bits per heavy atom. The molecule has 4 nitrogen and oxygen atoms in total. The van der Waals surface area contributed by atoms with Crippen LogP contribution in [0, 0.1) is 6.92 Å². The van der Waals surface area contributed by atoms with Crippen LogP contribution < -0.4 is 5.32 Å². The number of hydrogen-bond donors (Lipinski definition) is 1. The van der Waals surface area contributed by atoms with E-state index in [1.165, 1.54) is 11.8 Å². The molecule has 3 aromatic rings. The van der Waals surface area contributed by atoms with Crippen LogP contribution in [0.4, 0.5) is 0 Å². The average molecular weight is 516 g/mol. The summed E-state index contributed by atoms with van der Waals surface area (Å²) in [5.41, 5.74) is 4.01. The van der Waals surface area contributed by atoms with E-state index in [0.29, 0.717) is 28.8 Å². The van der Waals surface area contributed by atoms with E-state index in [1.807, 2.05) is 67.6 Å². The lowest BCUT2D eigenvalue weighted by atomic mass is 10.0. The van der Waals surface area contributed by atoms with Gasteiger partial charge in [0.2, 0.25) is 11.8 Å². The highest BCUT2D eigenvalue weighted by atomic mass is 35.5. The number of benzene rings is 3. The van der Waals surface area contributed by atoms with Gasteiger partial charge in [-0.1, -0.05) is 83.9 Å². The fourth-order valence-electron chi connectivity index (χ4n) is 3.66. The summed E-state index contributed by atoms with van der Waals surface area (Å²) < 4.78 is 0. The maximum absolute atomic E-state index is 13.5. The van der Waals surface area contributed by atoms with Crippen molar-refractivity contribution < 1.29 is 9.59 Å². The monoisotopic (exact) mass is 514 g/mol. The molecule has 0 aliphatic rings. The maximum atomic E-state index is 13.5. The van der Waals surface area contributed by atoms with E-state index in [2.05, 4.69) is 5.32 Å². The van der Waals surface area contributed by atoms with E-state index in [-0.39, 0.29) is 17.6 Å². The minimum atomic E-state index is -0.626. The summed E-state index contributed by atoms with van der Waals surface area (Å²) in [7, 11) is 1.61. The Bertz CT molecular complexity index is 1120. The molecular weight excluding hydrogens is 487 g/mol. The molecule has 178 valence electrons. The highest BCUT2D eigenvalue weighted by molar-refractivity contribution is 7.99. The molecule has 0 aromatic heterocycles. The number of hydrogen-bond acceptors (Lipinski definition) is 3. The molecule has 0 spiro atoms. The molecule has 0 aliphatic carbocycles. The summed E-state index contributed by atoms with van der Waals surface area (Å²) in [4.78, 5) is 28.2. The van der Waals surface area contributed by atoms with Gasteiger partial charge in [0.25, 0.3) is 0 Å². The molecule has 34 heavy (non-hydrogen) atoms. The first-order chi connectivity index (χ1) is 16.4. The fraction of sp³-hybridized carbons (Fsp3) is 0.259. The second kappa shape index (κ2) is 12.8. The number of rotatable bonds is 10. The van der Waals surface area contributed by atoms with Gasteiger partial charge in [-0.05, 0) is 41.3 Å². The Labute approximate surface area is 215 Å². The molecule has 0 fully saturated rings. The second-order valence-electron chi connectivity index (χ2n) is 8.00. The predicted molar refractivity (Wildman–Crippen MR) is 142 cm³/mol. The molecule has 0 unspecified atom stereocenters. The van der Waals surface area contributed by atoms with Gasteiger partial charge in [0.1, 0.15) is 6.04 Å². The largest absolute Gasteiger partial charge is 0.357 e. The first-order valence-electron chi connectivity index (χ1n) is 11.0. The predicted octanol–water partition coefficient (Wildman–Crippen LogP) is 5.92. The van der Waals surface area contributed by atoms with Crippen LogP contribution in [0.25, 0.3) is 0 Å². The first kappa shape index (κ1) is 26.1. The molecule has 1 atom stereocenters. The van der Waals surface area contributed by atoms with Gasteiger partial charge in [-0.15, -0.1) is 11.8 Å². The number of thioether (sulfide) groups is 1. The summed E-state index contributed by atoms with van der Waals surface area (Å²) in [6.07, 6.45) is 0.436. The van der Waals surface area contributed by atoms with Crippen molar-refractivity contribution in [1.29, 1.82) is 0 Å². The van der Waals surface area contributed by atoms with Crippen molar-refractivity contribution in [3.63, 3.8) is 0 Å². The Kier molecular flexibility index (Phi) is 9.87. The molecule has 0 radical (unpaired) electrons. The maximum Gasteiger partial charge on any atom is 0.242 e. The third-order valence-corrected chi connectivity index (χ3v) is 7.17. The summed E-state index contributed by atoms with van der Waals surface area (Å²) in [5.74, 6) is 0.524. The zero-order valence-corrected chi connectivity index (χ0v) is 21.6. The summed E-state index contributed by atoms with van der Waals surface area (Å²) in [6.45, 7) is 2.38. The first-order valence-corrected chi connectivity index (χ1v) is 12.9. The van der Waals surface area contributed by atoms with Gasteiger partial charge in [0.05, 0.1) is 5.75 Å². The average Bonchev–Trinajstić information content (AvgIpc) is 2.83. The number of likely N-dealkylation sites (N-methyl/N-ethyl adjacent to an activating group) is 1. The standard InChI is InChI=1S/C27H28Cl2N2O2S/c1-19-8-6-7-11-21(19)16-31(25(27(33)30-2)14-20-9-4-3-5-10-20)26(32)18-34-17-22-12-13-23(28)15-24(22)29/h3-13,15,25H,14,16-18H2,1-2H3,(H,30,33)/t25-/m0/s1. The lowest BCUT2D eigenvalue weighted by molar-refractivity contribution is -0.139. The molecule has 0 bridgehead atoms. The van der Waals surface area contributed by atoms with E-state index in [0.717, 1.165) is 22.3 Å². The number of carbonyl (C=O) groups excluding carboxylic acids is 2. The van der Waals surface area contributed by atoms with E-state index in [1.54, 1.807) is 24.1 Å². The van der Waals surface area contributed by atoms with Crippen molar-refractivity contribution in [3.05, 3.63) is 105 Å². The zero-order chi connectivity index (χ0) is 24.5. The van der Waals surface area contributed by atoms with E-state index >= 15 is 0 Å². The number of nitrogens with zero attached hydrogens (tertiary/aromatic N) is 1. The molecule has 3 aromatic carbocycles. The van der Waals surface area contributed by atoms with Crippen LogP contribution in [-0.2, 0) is 28.3 Å². The van der Waals surface area contributed by atoms with Crippen LogP contribution in [0.1, 0.15) is 22.3 Å². The summed E-state index contributed by atoms with van der Waals surface area (Å²) in [5, 5.41) is 3.90. The number of amides is 2. The lowest BCUT2D eigenvalue weighted by Crippen LogP contribution is -2.50. The van der Waals surface area contributed by atoms with Crippen molar-refractivity contribution in [2.24, 2.45) is 0 Å². The van der Waals surface area contributed by atoms with Crippen molar-refractivity contribution in [2.45, 2.75) is 31.7 Å². The van der Waals surface area contributed by atoms with Gasteiger partial charge < -0.3 is 10.2 Å².